The first kappa shape index (κ1) is 12.8. The molecule has 0 atom stereocenters. The molecule has 6 heteroatoms. The van der Waals surface area contributed by atoms with Crippen LogP contribution in [0.5, 0.6) is 0 Å². The molecule has 1 aromatic rings. The first-order chi connectivity index (χ1) is 7.91. The topological polar surface area (TPSA) is 74.7 Å². The molecule has 1 aromatic carbocycles. The van der Waals surface area contributed by atoms with E-state index in [1.54, 1.807) is 0 Å². The van der Waals surface area contributed by atoms with E-state index in [0.29, 0.717) is 4.90 Å². The normalized spacial score (nSPS) is 9.76. The van der Waals surface area contributed by atoms with E-state index in [1.807, 2.05) is 0 Å². The molecule has 0 aliphatic rings. The Morgan fingerprint density at radius 1 is 1.35 bits per heavy atom. The van der Waals surface area contributed by atoms with Crippen molar-refractivity contribution in [3.8, 4) is 0 Å². The molecule has 0 radical (unpaired) electrons. The Kier molecular flexibility index (Phi) is 3.92. The molecule has 1 rings (SSSR count). The summed E-state index contributed by atoms with van der Waals surface area (Å²) < 4.78 is 12.9. The zero-order valence-corrected chi connectivity index (χ0v) is 9.01. The van der Waals surface area contributed by atoms with Crippen molar-refractivity contribution in [3.05, 3.63) is 35.6 Å². The fourth-order valence-electron chi connectivity index (χ4n) is 1.24. The van der Waals surface area contributed by atoms with Gasteiger partial charge in [-0.2, -0.15) is 0 Å². The average molecular weight is 239 g/mol. The van der Waals surface area contributed by atoms with Crippen molar-refractivity contribution < 1.29 is 23.9 Å². The minimum atomic E-state index is -1.31. The number of carboxylic acid groups (broad SMARTS) is 1. The SMILES string of the molecule is CC(=O)N(CC(=O)O)C(=O)c1cccc(F)c1. The standard InChI is InChI=1S/C11H10FNO4/c1-7(14)13(6-10(15)16)11(17)8-3-2-4-9(12)5-8/h2-5H,6H2,1H3,(H,15,16). The Morgan fingerprint density at radius 3 is 2.47 bits per heavy atom. The maximum Gasteiger partial charge on any atom is 0.323 e. The molecular weight excluding hydrogens is 229 g/mol. The Morgan fingerprint density at radius 2 is 2.00 bits per heavy atom. The summed E-state index contributed by atoms with van der Waals surface area (Å²) in [6, 6.07) is 4.71. The van der Waals surface area contributed by atoms with Gasteiger partial charge in [0.25, 0.3) is 5.91 Å². The van der Waals surface area contributed by atoms with Crippen LogP contribution in [0.3, 0.4) is 0 Å². The number of aliphatic carboxylic acids is 1. The van der Waals surface area contributed by atoms with Gasteiger partial charge in [-0.15, -0.1) is 0 Å². The van der Waals surface area contributed by atoms with Gasteiger partial charge in [-0.25, -0.2) is 4.39 Å². The van der Waals surface area contributed by atoms with Crippen LogP contribution in [0.25, 0.3) is 0 Å². The van der Waals surface area contributed by atoms with Gasteiger partial charge < -0.3 is 5.11 Å². The highest BCUT2D eigenvalue weighted by molar-refractivity contribution is 6.05. The zero-order valence-electron chi connectivity index (χ0n) is 9.01. The van der Waals surface area contributed by atoms with E-state index in [4.69, 9.17) is 5.11 Å². The number of hydrogen-bond acceptors (Lipinski definition) is 3. The molecule has 17 heavy (non-hydrogen) atoms. The number of halogens is 1. The zero-order chi connectivity index (χ0) is 13.0. The maximum atomic E-state index is 12.9. The minimum absolute atomic E-state index is 0.0681. The van der Waals surface area contributed by atoms with Crippen LogP contribution in [0.2, 0.25) is 0 Å². The van der Waals surface area contributed by atoms with E-state index in [9.17, 15) is 18.8 Å². The summed E-state index contributed by atoms with van der Waals surface area (Å²) in [6.07, 6.45) is 0. The highest BCUT2D eigenvalue weighted by Gasteiger charge is 2.22. The van der Waals surface area contributed by atoms with E-state index >= 15 is 0 Å². The molecule has 0 aliphatic carbocycles. The van der Waals surface area contributed by atoms with E-state index in [0.717, 1.165) is 19.1 Å². The van der Waals surface area contributed by atoms with Gasteiger partial charge in [0.2, 0.25) is 5.91 Å². The molecule has 0 unspecified atom stereocenters. The molecule has 0 aromatic heterocycles. The summed E-state index contributed by atoms with van der Waals surface area (Å²) in [5.41, 5.74) is -0.0681. The molecule has 0 bridgehead atoms. The predicted octanol–water partition coefficient (Wildman–Crippen LogP) is 0.899. The minimum Gasteiger partial charge on any atom is -0.480 e. The number of imide groups is 1. The number of amides is 2. The van der Waals surface area contributed by atoms with Gasteiger partial charge in [0, 0.05) is 12.5 Å². The molecule has 0 spiro atoms. The molecule has 90 valence electrons. The van der Waals surface area contributed by atoms with Crippen LogP contribution in [0.1, 0.15) is 17.3 Å². The van der Waals surface area contributed by atoms with Crippen LogP contribution in [0.15, 0.2) is 24.3 Å². The van der Waals surface area contributed by atoms with Gasteiger partial charge in [0.05, 0.1) is 0 Å². The van der Waals surface area contributed by atoms with E-state index < -0.39 is 30.1 Å². The molecule has 0 fully saturated rings. The smallest absolute Gasteiger partial charge is 0.323 e. The molecule has 0 aliphatic heterocycles. The predicted molar refractivity (Wildman–Crippen MR) is 55.8 cm³/mol. The van der Waals surface area contributed by atoms with Gasteiger partial charge in [0.15, 0.2) is 0 Å². The number of benzene rings is 1. The molecule has 0 saturated heterocycles. The van der Waals surface area contributed by atoms with Crippen molar-refractivity contribution in [1.82, 2.24) is 4.90 Å². The van der Waals surface area contributed by atoms with Crippen LogP contribution in [-0.4, -0.2) is 34.3 Å². The fraction of sp³-hybridized carbons (Fsp3) is 0.182. The largest absolute Gasteiger partial charge is 0.480 e. The van der Waals surface area contributed by atoms with Crippen LogP contribution < -0.4 is 0 Å². The monoisotopic (exact) mass is 239 g/mol. The number of rotatable bonds is 3. The third-order valence-corrected chi connectivity index (χ3v) is 1.99. The number of carbonyl (C=O) groups excluding carboxylic acids is 2. The van der Waals surface area contributed by atoms with Gasteiger partial charge in [-0.1, -0.05) is 6.07 Å². The van der Waals surface area contributed by atoms with E-state index in [2.05, 4.69) is 0 Å². The van der Waals surface area contributed by atoms with Crippen molar-refractivity contribution in [2.24, 2.45) is 0 Å². The van der Waals surface area contributed by atoms with Crippen molar-refractivity contribution in [1.29, 1.82) is 0 Å². The van der Waals surface area contributed by atoms with Crippen molar-refractivity contribution in [3.63, 3.8) is 0 Å². The van der Waals surface area contributed by atoms with Crippen molar-refractivity contribution in [2.45, 2.75) is 6.92 Å². The Bertz CT molecular complexity index is 472. The fourth-order valence-corrected chi connectivity index (χ4v) is 1.24. The third kappa shape index (κ3) is 3.37. The molecular formula is C11H10FNO4. The Balaban J connectivity index is 3.00. The number of hydrogen-bond donors (Lipinski definition) is 1. The quantitative estimate of drug-likeness (QED) is 0.850. The van der Waals surface area contributed by atoms with Crippen LogP contribution in [0.4, 0.5) is 4.39 Å². The lowest BCUT2D eigenvalue weighted by molar-refractivity contribution is -0.142. The molecule has 2 amide bonds. The first-order valence-corrected chi connectivity index (χ1v) is 4.71. The van der Waals surface area contributed by atoms with Crippen LogP contribution in [0, 0.1) is 5.82 Å². The van der Waals surface area contributed by atoms with Crippen LogP contribution in [-0.2, 0) is 9.59 Å². The lowest BCUT2D eigenvalue weighted by Gasteiger charge is -2.16. The average Bonchev–Trinajstić information content (AvgIpc) is 2.24. The lowest BCUT2D eigenvalue weighted by Crippen LogP contribution is -2.39. The number of carbonyl (C=O) groups is 3. The van der Waals surface area contributed by atoms with Gasteiger partial charge >= 0.3 is 5.97 Å². The number of carboxylic acids is 1. The first-order valence-electron chi connectivity index (χ1n) is 4.71. The Labute approximate surface area is 96.5 Å². The maximum absolute atomic E-state index is 12.9. The van der Waals surface area contributed by atoms with E-state index in [-0.39, 0.29) is 5.56 Å². The summed E-state index contributed by atoms with van der Waals surface area (Å²) in [4.78, 5) is 33.9. The Hall–Kier alpha value is -2.24. The summed E-state index contributed by atoms with van der Waals surface area (Å²) in [5, 5.41) is 8.56. The van der Waals surface area contributed by atoms with Gasteiger partial charge in [-0.3, -0.25) is 19.3 Å². The molecule has 5 nitrogen and oxygen atoms in total. The second kappa shape index (κ2) is 5.20. The number of nitrogens with zero attached hydrogens (tertiary/aromatic N) is 1. The second-order valence-electron chi connectivity index (χ2n) is 3.31. The van der Waals surface area contributed by atoms with Gasteiger partial charge in [0.1, 0.15) is 12.4 Å². The van der Waals surface area contributed by atoms with Gasteiger partial charge in [-0.05, 0) is 18.2 Å². The molecule has 0 saturated carbocycles. The summed E-state index contributed by atoms with van der Waals surface area (Å²) in [6.45, 7) is 0.324. The third-order valence-electron chi connectivity index (χ3n) is 1.99. The summed E-state index contributed by atoms with van der Waals surface area (Å²) in [5.74, 6) is -3.49. The van der Waals surface area contributed by atoms with Crippen molar-refractivity contribution >= 4 is 17.8 Å². The molecule has 0 heterocycles. The highest BCUT2D eigenvalue weighted by atomic mass is 19.1. The summed E-state index contributed by atoms with van der Waals surface area (Å²) in [7, 11) is 0. The highest BCUT2D eigenvalue weighted by Crippen LogP contribution is 2.07. The lowest BCUT2D eigenvalue weighted by atomic mass is 10.2. The van der Waals surface area contributed by atoms with Crippen molar-refractivity contribution in [2.75, 3.05) is 6.54 Å². The van der Waals surface area contributed by atoms with Crippen LogP contribution >= 0.6 is 0 Å². The van der Waals surface area contributed by atoms with E-state index in [1.165, 1.54) is 12.1 Å². The second-order valence-corrected chi connectivity index (χ2v) is 3.31. The molecule has 1 N–H and O–H groups in total. The summed E-state index contributed by atoms with van der Waals surface area (Å²) >= 11 is 0.